The standard InChI is InChI=1S/C22H21NO5S/c1-14-19(24)17-9-6-10-18(21(17)28-20(14)15-7-4-3-5-8-15)22(25)23(2)16-11-12-29(26,27)13-16/h3-10,16H,11-13H2,1-2H3. The SMILES string of the molecule is Cc1c(-c2ccccc2)oc2c(C(=O)N(C)C3CCS(=O)(=O)C3)cccc2c1=O. The Morgan fingerprint density at radius 3 is 2.48 bits per heavy atom. The molecule has 2 heterocycles. The molecule has 1 aliphatic rings. The Labute approximate surface area is 168 Å². The van der Waals surface area contributed by atoms with E-state index < -0.39 is 9.84 Å². The fourth-order valence-corrected chi connectivity index (χ4v) is 5.55. The molecule has 0 aliphatic carbocycles. The van der Waals surface area contributed by atoms with Crippen LogP contribution in [0.2, 0.25) is 0 Å². The van der Waals surface area contributed by atoms with Crippen LogP contribution < -0.4 is 5.43 Å². The van der Waals surface area contributed by atoms with Crippen LogP contribution in [-0.4, -0.2) is 43.8 Å². The molecule has 3 aromatic rings. The third-order valence-corrected chi connectivity index (χ3v) is 7.24. The van der Waals surface area contributed by atoms with Gasteiger partial charge in [0.05, 0.1) is 22.5 Å². The lowest BCUT2D eigenvalue weighted by atomic mass is 10.0. The van der Waals surface area contributed by atoms with E-state index >= 15 is 0 Å². The van der Waals surface area contributed by atoms with Crippen molar-refractivity contribution in [2.24, 2.45) is 0 Å². The number of benzene rings is 2. The van der Waals surface area contributed by atoms with Crippen molar-refractivity contribution in [2.45, 2.75) is 19.4 Å². The molecule has 1 fully saturated rings. The fraction of sp³-hybridized carbons (Fsp3) is 0.273. The number of hydrogen-bond donors (Lipinski definition) is 0. The van der Waals surface area contributed by atoms with Gasteiger partial charge < -0.3 is 9.32 Å². The van der Waals surface area contributed by atoms with Crippen molar-refractivity contribution >= 4 is 26.7 Å². The zero-order valence-corrected chi connectivity index (χ0v) is 17.0. The topological polar surface area (TPSA) is 84.7 Å². The number of hydrogen-bond acceptors (Lipinski definition) is 5. The van der Waals surface area contributed by atoms with Gasteiger partial charge in [0.25, 0.3) is 5.91 Å². The van der Waals surface area contributed by atoms with Crippen LogP contribution in [0.15, 0.2) is 57.7 Å². The van der Waals surface area contributed by atoms with E-state index in [0.717, 1.165) is 5.56 Å². The Morgan fingerprint density at radius 1 is 1.10 bits per heavy atom. The molecule has 150 valence electrons. The Bertz CT molecular complexity index is 1260. The van der Waals surface area contributed by atoms with E-state index in [1.807, 2.05) is 30.3 Å². The van der Waals surface area contributed by atoms with E-state index in [0.29, 0.717) is 23.1 Å². The first-order valence-electron chi connectivity index (χ1n) is 9.38. The highest BCUT2D eigenvalue weighted by atomic mass is 32.2. The van der Waals surface area contributed by atoms with Crippen molar-refractivity contribution in [1.29, 1.82) is 0 Å². The average Bonchev–Trinajstić information content (AvgIpc) is 3.09. The number of carbonyl (C=O) groups excluding carboxylic acids is 1. The second-order valence-corrected chi connectivity index (χ2v) is 9.64. The number of rotatable bonds is 3. The second-order valence-electron chi connectivity index (χ2n) is 7.41. The van der Waals surface area contributed by atoms with E-state index in [9.17, 15) is 18.0 Å². The first kappa shape index (κ1) is 19.4. The van der Waals surface area contributed by atoms with Gasteiger partial charge in [-0.3, -0.25) is 9.59 Å². The predicted molar refractivity (Wildman–Crippen MR) is 112 cm³/mol. The van der Waals surface area contributed by atoms with Crippen molar-refractivity contribution in [3.63, 3.8) is 0 Å². The molecular formula is C22H21NO5S. The van der Waals surface area contributed by atoms with Gasteiger partial charge in [0.2, 0.25) is 0 Å². The highest BCUT2D eigenvalue weighted by molar-refractivity contribution is 7.91. The highest BCUT2D eigenvalue weighted by Gasteiger charge is 2.34. The summed E-state index contributed by atoms with van der Waals surface area (Å²) in [6, 6.07) is 13.8. The first-order valence-corrected chi connectivity index (χ1v) is 11.2. The third kappa shape index (κ3) is 3.46. The lowest BCUT2D eigenvalue weighted by Gasteiger charge is -2.23. The van der Waals surface area contributed by atoms with Gasteiger partial charge in [0.1, 0.15) is 5.76 Å². The summed E-state index contributed by atoms with van der Waals surface area (Å²) in [6.07, 6.45) is 0.410. The van der Waals surface area contributed by atoms with Crippen LogP contribution in [0.3, 0.4) is 0 Å². The summed E-state index contributed by atoms with van der Waals surface area (Å²) in [7, 11) is -1.53. The first-order chi connectivity index (χ1) is 13.8. The van der Waals surface area contributed by atoms with Crippen LogP contribution in [0.5, 0.6) is 0 Å². The lowest BCUT2D eigenvalue weighted by molar-refractivity contribution is 0.0748. The minimum Gasteiger partial charge on any atom is -0.455 e. The van der Waals surface area contributed by atoms with Gasteiger partial charge in [-0.2, -0.15) is 0 Å². The Kier molecular flexibility index (Phi) is 4.78. The number of fused-ring (bicyclic) bond motifs is 1. The molecule has 7 heteroatoms. The van der Waals surface area contributed by atoms with Crippen molar-refractivity contribution in [2.75, 3.05) is 18.6 Å². The molecule has 1 amide bonds. The van der Waals surface area contributed by atoms with Gasteiger partial charge in [0.15, 0.2) is 20.8 Å². The van der Waals surface area contributed by atoms with E-state index in [2.05, 4.69) is 0 Å². The van der Waals surface area contributed by atoms with Gasteiger partial charge in [-0.1, -0.05) is 36.4 Å². The summed E-state index contributed by atoms with van der Waals surface area (Å²) in [6.45, 7) is 1.71. The summed E-state index contributed by atoms with van der Waals surface area (Å²) in [5, 5.41) is 0.334. The smallest absolute Gasteiger partial charge is 0.257 e. The zero-order chi connectivity index (χ0) is 20.8. The normalized spacial score (nSPS) is 18.1. The quantitative estimate of drug-likeness (QED) is 0.661. The molecule has 0 saturated carbocycles. The summed E-state index contributed by atoms with van der Waals surface area (Å²) in [5.74, 6) is 0.105. The molecule has 29 heavy (non-hydrogen) atoms. The number of nitrogens with zero attached hydrogens (tertiary/aromatic N) is 1. The molecule has 1 atom stereocenters. The van der Waals surface area contributed by atoms with Crippen LogP contribution in [0.25, 0.3) is 22.3 Å². The molecular weight excluding hydrogens is 390 g/mol. The van der Waals surface area contributed by atoms with Crippen molar-refractivity contribution in [3.05, 3.63) is 69.9 Å². The molecule has 6 nitrogen and oxygen atoms in total. The van der Waals surface area contributed by atoms with Gasteiger partial charge in [0, 0.05) is 24.2 Å². The number of amides is 1. The molecule has 2 aromatic carbocycles. The second kappa shape index (κ2) is 7.15. The molecule has 4 rings (SSSR count). The molecule has 0 spiro atoms. The average molecular weight is 411 g/mol. The minimum absolute atomic E-state index is 0.0433. The van der Waals surface area contributed by atoms with E-state index in [1.165, 1.54) is 4.90 Å². The Hall–Kier alpha value is -2.93. The van der Waals surface area contributed by atoms with Gasteiger partial charge in [-0.15, -0.1) is 0 Å². The number of para-hydroxylation sites is 1. The van der Waals surface area contributed by atoms with E-state index in [-0.39, 0.29) is 40.0 Å². The Morgan fingerprint density at radius 2 is 1.83 bits per heavy atom. The maximum Gasteiger partial charge on any atom is 0.257 e. The van der Waals surface area contributed by atoms with E-state index in [1.54, 1.807) is 32.2 Å². The summed E-state index contributed by atoms with van der Waals surface area (Å²) >= 11 is 0. The summed E-state index contributed by atoms with van der Waals surface area (Å²) in [4.78, 5) is 27.6. The van der Waals surface area contributed by atoms with Crippen LogP contribution in [0.1, 0.15) is 22.3 Å². The molecule has 1 aliphatic heterocycles. The van der Waals surface area contributed by atoms with Gasteiger partial charge >= 0.3 is 0 Å². The summed E-state index contributed by atoms with van der Waals surface area (Å²) < 4.78 is 29.7. The maximum atomic E-state index is 13.2. The van der Waals surface area contributed by atoms with Gasteiger partial charge in [-0.05, 0) is 25.5 Å². The zero-order valence-electron chi connectivity index (χ0n) is 16.2. The van der Waals surface area contributed by atoms with E-state index in [4.69, 9.17) is 4.42 Å². The van der Waals surface area contributed by atoms with Crippen LogP contribution in [0, 0.1) is 6.92 Å². The molecule has 0 radical (unpaired) electrons. The number of sulfone groups is 1. The van der Waals surface area contributed by atoms with Crippen molar-refractivity contribution in [1.82, 2.24) is 4.90 Å². The minimum atomic E-state index is -3.12. The van der Waals surface area contributed by atoms with Crippen LogP contribution in [0.4, 0.5) is 0 Å². The molecule has 1 aromatic heterocycles. The predicted octanol–water partition coefficient (Wildman–Crippen LogP) is 3.03. The van der Waals surface area contributed by atoms with Crippen molar-refractivity contribution < 1.29 is 17.6 Å². The third-order valence-electron chi connectivity index (χ3n) is 5.49. The lowest BCUT2D eigenvalue weighted by Crippen LogP contribution is -2.38. The highest BCUT2D eigenvalue weighted by Crippen LogP contribution is 2.28. The molecule has 1 saturated heterocycles. The van der Waals surface area contributed by atoms with Crippen LogP contribution in [-0.2, 0) is 9.84 Å². The fourth-order valence-electron chi connectivity index (χ4n) is 3.78. The number of carbonyl (C=O) groups is 1. The Balaban J connectivity index is 1.84. The summed E-state index contributed by atoms with van der Waals surface area (Å²) in [5.41, 5.74) is 1.51. The largest absolute Gasteiger partial charge is 0.455 e. The maximum absolute atomic E-state index is 13.2. The van der Waals surface area contributed by atoms with Gasteiger partial charge in [-0.25, -0.2) is 8.42 Å². The molecule has 0 N–H and O–H groups in total. The molecule has 0 bridgehead atoms. The van der Waals surface area contributed by atoms with Crippen LogP contribution >= 0.6 is 0 Å². The van der Waals surface area contributed by atoms with Crippen molar-refractivity contribution in [3.8, 4) is 11.3 Å². The monoisotopic (exact) mass is 411 g/mol. The molecule has 1 unspecified atom stereocenters.